The second-order valence-electron chi connectivity index (χ2n) is 6.05. The molecule has 2 N–H and O–H groups in total. The molecule has 0 amide bonds. The van der Waals surface area contributed by atoms with Crippen LogP contribution in [0.2, 0.25) is 10.0 Å². The molecule has 1 aliphatic heterocycles. The molecule has 2 rings (SSSR count). The van der Waals surface area contributed by atoms with E-state index in [1.165, 1.54) is 18.4 Å². The van der Waals surface area contributed by atoms with Crippen LogP contribution in [0.3, 0.4) is 0 Å². The van der Waals surface area contributed by atoms with Gasteiger partial charge in [0.2, 0.25) is 0 Å². The monoisotopic (exact) mass is 314 g/mol. The summed E-state index contributed by atoms with van der Waals surface area (Å²) in [6.45, 7) is 7.53. The molecule has 20 heavy (non-hydrogen) atoms. The van der Waals surface area contributed by atoms with Crippen LogP contribution >= 0.6 is 23.2 Å². The van der Waals surface area contributed by atoms with Crippen LogP contribution in [-0.2, 0) is 5.41 Å². The first kappa shape index (κ1) is 16.1. The van der Waals surface area contributed by atoms with Gasteiger partial charge in [-0.25, -0.2) is 0 Å². The van der Waals surface area contributed by atoms with Gasteiger partial charge in [-0.1, -0.05) is 43.1 Å². The molecule has 4 heteroatoms. The van der Waals surface area contributed by atoms with E-state index >= 15 is 0 Å². The van der Waals surface area contributed by atoms with Gasteiger partial charge in [-0.2, -0.15) is 0 Å². The van der Waals surface area contributed by atoms with Crippen LogP contribution < -0.4 is 10.6 Å². The Hall–Kier alpha value is -0.280. The second kappa shape index (κ2) is 7.13. The van der Waals surface area contributed by atoms with Crippen molar-refractivity contribution in [3.8, 4) is 0 Å². The summed E-state index contributed by atoms with van der Waals surface area (Å²) in [5, 5.41) is 8.36. The minimum Gasteiger partial charge on any atom is -0.316 e. The van der Waals surface area contributed by atoms with E-state index in [4.69, 9.17) is 23.2 Å². The summed E-state index contributed by atoms with van der Waals surface area (Å²) in [6.07, 6.45) is 3.54. The van der Waals surface area contributed by atoms with Gasteiger partial charge in [0.15, 0.2) is 0 Å². The number of nitrogens with one attached hydrogen (secondary N) is 2. The van der Waals surface area contributed by atoms with Gasteiger partial charge in [0, 0.05) is 18.0 Å². The minimum atomic E-state index is 0.175. The maximum Gasteiger partial charge on any atom is 0.0595 e. The third-order valence-electron chi connectivity index (χ3n) is 4.16. The predicted octanol–water partition coefficient (Wildman–Crippen LogP) is 4.00. The zero-order valence-electron chi connectivity index (χ0n) is 12.3. The fourth-order valence-corrected chi connectivity index (χ4v) is 3.30. The number of hydrogen-bond donors (Lipinski definition) is 2. The van der Waals surface area contributed by atoms with Gasteiger partial charge in [0.1, 0.15) is 0 Å². The lowest BCUT2D eigenvalue weighted by Crippen LogP contribution is -2.45. The average molecular weight is 315 g/mol. The molecule has 1 fully saturated rings. The summed E-state index contributed by atoms with van der Waals surface area (Å²) in [5.74, 6) is 0. The predicted molar refractivity (Wildman–Crippen MR) is 88.0 cm³/mol. The van der Waals surface area contributed by atoms with Crippen molar-refractivity contribution in [3.05, 3.63) is 33.8 Å². The summed E-state index contributed by atoms with van der Waals surface area (Å²) < 4.78 is 0. The van der Waals surface area contributed by atoms with E-state index in [-0.39, 0.29) is 5.41 Å². The van der Waals surface area contributed by atoms with Crippen LogP contribution in [0, 0.1) is 0 Å². The number of rotatable bonds is 5. The lowest BCUT2D eigenvalue weighted by molar-refractivity contribution is 0.286. The average Bonchev–Trinajstić information content (AvgIpc) is 2.42. The summed E-state index contributed by atoms with van der Waals surface area (Å²) in [4.78, 5) is 0. The first-order valence-corrected chi connectivity index (χ1v) is 8.19. The minimum absolute atomic E-state index is 0.175. The molecule has 0 radical (unpaired) electrons. The van der Waals surface area contributed by atoms with Crippen molar-refractivity contribution >= 4 is 23.2 Å². The Bertz CT molecular complexity index is 440. The standard InChI is InChI=1S/C16H24Cl2N2/c1-12(2)20-9-7-16(6-3-8-19-11-16)13-4-5-14(17)15(18)10-13/h4-5,10,12,19-20H,3,6-9,11H2,1-2H3/t16-/m1/s1. The highest BCUT2D eigenvalue weighted by Gasteiger charge is 2.33. The van der Waals surface area contributed by atoms with E-state index in [0.717, 1.165) is 26.1 Å². The number of halogens is 2. The van der Waals surface area contributed by atoms with Crippen molar-refractivity contribution in [1.82, 2.24) is 10.6 Å². The zero-order chi connectivity index (χ0) is 14.6. The summed E-state index contributed by atoms with van der Waals surface area (Å²) in [7, 11) is 0. The van der Waals surface area contributed by atoms with Crippen LogP contribution in [0.5, 0.6) is 0 Å². The molecular formula is C16H24Cl2N2. The second-order valence-corrected chi connectivity index (χ2v) is 6.86. The van der Waals surface area contributed by atoms with E-state index in [1.54, 1.807) is 0 Å². The van der Waals surface area contributed by atoms with E-state index in [1.807, 2.05) is 12.1 Å². The van der Waals surface area contributed by atoms with Gasteiger partial charge in [-0.05, 0) is 50.0 Å². The first-order chi connectivity index (χ1) is 9.53. The molecular weight excluding hydrogens is 291 g/mol. The van der Waals surface area contributed by atoms with Gasteiger partial charge in [0.05, 0.1) is 10.0 Å². The molecule has 0 aliphatic carbocycles. The highest BCUT2D eigenvalue weighted by Crippen LogP contribution is 2.37. The topological polar surface area (TPSA) is 24.1 Å². The van der Waals surface area contributed by atoms with Crippen LogP contribution in [0.15, 0.2) is 18.2 Å². The van der Waals surface area contributed by atoms with Crippen molar-refractivity contribution in [3.63, 3.8) is 0 Å². The SMILES string of the molecule is CC(C)NCC[C@]1(c2ccc(Cl)c(Cl)c2)CCCNC1. The molecule has 0 bridgehead atoms. The number of benzene rings is 1. The largest absolute Gasteiger partial charge is 0.316 e. The Morgan fingerprint density at radius 3 is 2.70 bits per heavy atom. The molecule has 0 saturated carbocycles. The summed E-state index contributed by atoms with van der Waals surface area (Å²) in [5.41, 5.74) is 1.48. The summed E-state index contributed by atoms with van der Waals surface area (Å²) in [6, 6.07) is 6.63. The van der Waals surface area contributed by atoms with E-state index in [0.29, 0.717) is 16.1 Å². The van der Waals surface area contributed by atoms with Crippen molar-refractivity contribution in [2.45, 2.75) is 44.6 Å². The van der Waals surface area contributed by atoms with E-state index < -0.39 is 0 Å². The van der Waals surface area contributed by atoms with Gasteiger partial charge in [-0.3, -0.25) is 0 Å². The molecule has 1 aliphatic rings. The molecule has 2 nitrogen and oxygen atoms in total. The fourth-order valence-electron chi connectivity index (χ4n) is 3.00. The van der Waals surface area contributed by atoms with Crippen molar-refractivity contribution in [2.75, 3.05) is 19.6 Å². The van der Waals surface area contributed by atoms with Crippen LogP contribution in [-0.4, -0.2) is 25.7 Å². The third-order valence-corrected chi connectivity index (χ3v) is 4.90. The van der Waals surface area contributed by atoms with Gasteiger partial charge < -0.3 is 10.6 Å². The maximum absolute atomic E-state index is 6.21. The molecule has 1 heterocycles. The van der Waals surface area contributed by atoms with Crippen LogP contribution in [0.1, 0.15) is 38.7 Å². The Kier molecular flexibility index (Phi) is 5.74. The normalized spacial score (nSPS) is 23.2. The number of hydrogen-bond acceptors (Lipinski definition) is 2. The van der Waals surface area contributed by atoms with Crippen molar-refractivity contribution < 1.29 is 0 Å². The highest BCUT2D eigenvalue weighted by atomic mass is 35.5. The molecule has 1 atom stereocenters. The van der Waals surface area contributed by atoms with Crippen molar-refractivity contribution in [2.24, 2.45) is 0 Å². The summed E-state index contributed by atoms with van der Waals surface area (Å²) >= 11 is 12.3. The first-order valence-electron chi connectivity index (χ1n) is 7.43. The molecule has 0 unspecified atom stereocenters. The molecule has 0 spiro atoms. The molecule has 0 aromatic heterocycles. The molecule has 1 saturated heterocycles. The Morgan fingerprint density at radius 2 is 2.10 bits per heavy atom. The smallest absolute Gasteiger partial charge is 0.0595 e. The third kappa shape index (κ3) is 3.88. The van der Waals surface area contributed by atoms with Gasteiger partial charge >= 0.3 is 0 Å². The van der Waals surface area contributed by atoms with Crippen molar-refractivity contribution in [1.29, 1.82) is 0 Å². The van der Waals surface area contributed by atoms with Gasteiger partial charge in [0.25, 0.3) is 0 Å². The maximum atomic E-state index is 6.21. The lowest BCUT2D eigenvalue weighted by atomic mass is 9.72. The zero-order valence-corrected chi connectivity index (χ0v) is 13.8. The van der Waals surface area contributed by atoms with E-state index in [9.17, 15) is 0 Å². The Labute approximate surface area is 132 Å². The lowest BCUT2D eigenvalue weighted by Gasteiger charge is -2.39. The molecule has 1 aromatic rings. The quantitative estimate of drug-likeness (QED) is 0.858. The molecule has 112 valence electrons. The van der Waals surface area contributed by atoms with Crippen LogP contribution in [0.25, 0.3) is 0 Å². The Morgan fingerprint density at radius 1 is 1.30 bits per heavy atom. The van der Waals surface area contributed by atoms with E-state index in [2.05, 4.69) is 30.5 Å². The van der Waals surface area contributed by atoms with Gasteiger partial charge in [-0.15, -0.1) is 0 Å². The molecule has 1 aromatic carbocycles. The number of piperidine rings is 1. The Balaban J connectivity index is 2.19. The highest BCUT2D eigenvalue weighted by molar-refractivity contribution is 6.42. The fraction of sp³-hybridized carbons (Fsp3) is 0.625. The van der Waals surface area contributed by atoms with Crippen LogP contribution in [0.4, 0.5) is 0 Å².